The third-order valence-corrected chi connectivity index (χ3v) is 3.50. The van der Waals surface area contributed by atoms with E-state index < -0.39 is 0 Å². The Morgan fingerprint density at radius 1 is 1.20 bits per heavy atom. The van der Waals surface area contributed by atoms with E-state index in [0.717, 1.165) is 23.5 Å². The van der Waals surface area contributed by atoms with Crippen LogP contribution in [0.5, 0.6) is 11.5 Å². The molecular weight excluding hydrogens is 274 g/mol. The van der Waals surface area contributed by atoms with Crippen LogP contribution >= 0.6 is 12.4 Å². The predicted molar refractivity (Wildman–Crippen MR) is 82.8 cm³/mol. The van der Waals surface area contributed by atoms with Crippen molar-refractivity contribution in [3.63, 3.8) is 0 Å². The minimum atomic E-state index is 0. The van der Waals surface area contributed by atoms with Gasteiger partial charge in [0.1, 0.15) is 6.61 Å². The minimum Gasteiger partial charge on any atom is -0.493 e. The van der Waals surface area contributed by atoms with Gasteiger partial charge in [-0.05, 0) is 35.7 Å². The summed E-state index contributed by atoms with van der Waals surface area (Å²) in [7, 11) is 1.67. The van der Waals surface area contributed by atoms with Crippen LogP contribution in [0.25, 0.3) is 11.1 Å². The first-order valence-corrected chi connectivity index (χ1v) is 6.46. The topological polar surface area (TPSA) is 44.5 Å². The fourth-order valence-electron chi connectivity index (χ4n) is 2.61. The van der Waals surface area contributed by atoms with Gasteiger partial charge in [-0.1, -0.05) is 30.3 Å². The van der Waals surface area contributed by atoms with Gasteiger partial charge in [-0.3, -0.25) is 0 Å². The van der Waals surface area contributed by atoms with Crippen molar-refractivity contribution in [3.8, 4) is 22.6 Å². The first-order chi connectivity index (χ1) is 9.35. The van der Waals surface area contributed by atoms with Crippen LogP contribution in [0.1, 0.15) is 11.1 Å². The molecule has 0 atom stereocenters. The molecule has 0 spiro atoms. The molecule has 4 heteroatoms. The van der Waals surface area contributed by atoms with Gasteiger partial charge in [0.15, 0.2) is 11.5 Å². The van der Waals surface area contributed by atoms with Gasteiger partial charge in [0, 0.05) is 5.56 Å². The molecule has 1 heterocycles. The third kappa shape index (κ3) is 2.35. The Kier molecular flexibility index (Phi) is 4.53. The Morgan fingerprint density at radius 2 is 2.00 bits per heavy atom. The molecule has 3 nitrogen and oxygen atoms in total. The molecule has 0 radical (unpaired) electrons. The van der Waals surface area contributed by atoms with Gasteiger partial charge in [0.2, 0.25) is 0 Å². The van der Waals surface area contributed by atoms with Gasteiger partial charge in [-0.25, -0.2) is 0 Å². The maximum atomic E-state index is 5.89. The molecule has 2 N–H and O–H groups in total. The van der Waals surface area contributed by atoms with Crippen molar-refractivity contribution in [1.82, 2.24) is 0 Å². The number of hydrogen-bond donors (Lipinski definition) is 1. The number of ether oxygens (including phenoxy) is 2. The maximum absolute atomic E-state index is 5.89. The van der Waals surface area contributed by atoms with Crippen LogP contribution in [-0.4, -0.2) is 13.7 Å². The van der Waals surface area contributed by atoms with Crippen molar-refractivity contribution >= 4 is 12.4 Å². The van der Waals surface area contributed by atoms with Crippen LogP contribution in [0.3, 0.4) is 0 Å². The average Bonchev–Trinajstić information content (AvgIpc) is 2.47. The van der Waals surface area contributed by atoms with Crippen LogP contribution in [0.2, 0.25) is 0 Å². The molecule has 0 saturated carbocycles. The van der Waals surface area contributed by atoms with E-state index >= 15 is 0 Å². The van der Waals surface area contributed by atoms with Gasteiger partial charge in [0.05, 0.1) is 7.11 Å². The fraction of sp³-hybridized carbons (Fsp3) is 0.250. The van der Waals surface area contributed by atoms with E-state index in [4.69, 9.17) is 15.2 Å². The van der Waals surface area contributed by atoms with E-state index in [1.54, 1.807) is 7.11 Å². The standard InChI is InChI=1S/C16H17NO2.ClH/c1-18-14-7-6-11(8-9-17)15-13-5-3-2-4-12(13)10-19-16(14)15;/h2-7H,8-10,17H2,1H3;1H. The molecule has 106 valence electrons. The second kappa shape index (κ2) is 6.16. The molecular formula is C16H18ClNO2. The Balaban J connectivity index is 0.00000147. The molecule has 0 aliphatic carbocycles. The lowest BCUT2D eigenvalue weighted by Crippen LogP contribution is -2.11. The molecule has 0 amide bonds. The van der Waals surface area contributed by atoms with Gasteiger partial charge < -0.3 is 15.2 Å². The number of benzene rings is 2. The quantitative estimate of drug-likeness (QED) is 0.944. The van der Waals surface area contributed by atoms with Crippen molar-refractivity contribution in [2.45, 2.75) is 13.0 Å². The highest BCUT2D eigenvalue weighted by Crippen LogP contribution is 2.45. The lowest BCUT2D eigenvalue weighted by atomic mass is 9.91. The second-order valence-electron chi connectivity index (χ2n) is 4.62. The highest BCUT2D eigenvalue weighted by molar-refractivity contribution is 5.85. The molecule has 0 unspecified atom stereocenters. The average molecular weight is 292 g/mol. The largest absolute Gasteiger partial charge is 0.493 e. The van der Waals surface area contributed by atoms with Crippen LogP contribution in [0.15, 0.2) is 36.4 Å². The number of nitrogens with two attached hydrogens (primary N) is 1. The minimum absolute atomic E-state index is 0. The highest BCUT2D eigenvalue weighted by Gasteiger charge is 2.23. The van der Waals surface area contributed by atoms with Gasteiger partial charge in [-0.2, -0.15) is 0 Å². The lowest BCUT2D eigenvalue weighted by Gasteiger charge is -2.25. The van der Waals surface area contributed by atoms with E-state index in [1.807, 2.05) is 12.1 Å². The molecule has 0 saturated heterocycles. The molecule has 20 heavy (non-hydrogen) atoms. The summed E-state index contributed by atoms with van der Waals surface area (Å²) in [6.45, 7) is 1.21. The summed E-state index contributed by atoms with van der Waals surface area (Å²) in [5.74, 6) is 1.62. The van der Waals surface area contributed by atoms with Crippen molar-refractivity contribution in [2.24, 2.45) is 5.73 Å². The van der Waals surface area contributed by atoms with E-state index in [9.17, 15) is 0 Å². The van der Waals surface area contributed by atoms with Crippen LogP contribution in [-0.2, 0) is 13.0 Å². The Labute approximate surface area is 125 Å². The SMILES string of the molecule is COc1ccc(CCN)c2c1OCc1ccccc1-2.Cl. The number of hydrogen-bond acceptors (Lipinski definition) is 3. The maximum Gasteiger partial charge on any atom is 0.169 e. The number of methoxy groups -OCH3 is 1. The molecule has 1 aliphatic rings. The zero-order valence-corrected chi connectivity index (χ0v) is 12.2. The molecule has 3 rings (SSSR count). The van der Waals surface area contributed by atoms with Gasteiger partial charge >= 0.3 is 0 Å². The van der Waals surface area contributed by atoms with Gasteiger partial charge in [0.25, 0.3) is 0 Å². The first-order valence-electron chi connectivity index (χ1n) is 6.46. The summed E-state index contributed by atoms with van der Waals surface area (Å²) < 4.78 is 11.3. The Morgan fingerprint density at radius 3 is 2.75 bits per heavy atom. The normalized spacial score (nSPS) is 11.7. The lowest BCUT2D eigenvalue weighted by molar-refractivity contribution is 0.281. The zero-order chi connectivity index (χ0) is 13.2. The van der Waals surface area contributed by atoms with Crippen molar-refractivity contribution in [1.29, 1.82) is 0 Å². The molecule has 0 bridgehead atoms. The Bertz CT molecular complexity index is 613. The van der Waals surface area contributed by atoms with Crippen LogP contribution < -0.4 is 15.2 Å². The third-order valence-electron chi connectivity index (χ3n) is 3.50. The van der Waals surface area contributed by atoms with Crippen molar-refractivity contribution < 1.29 is 9.47 Å². The summed E-state index contributed by atoms with van der Waals surface area (Å²) in [4.78, 5) is 0. The smallest absolute Gasteiger partial charge is 0.169 e. The molecule has 0 aromatic heterocycles. The molecule has 0 fully saturated rings. The summed E-state index contributed by atoms with van der Waals surface area (Å²) in [6.07, 6.45) is 0.837. The fourth-order valence-corrected chi connectivity index (χ4v) is 2.61. The predicted octanol–water partition coefficient (Wildman–Crippen LogP) is 3.18. The number of fused-ring (bicyclic) bond motifs is 3. The summed E-state index contributed by atoms with van der Waals surface area (Å²) >= 11 is 0. The second-order valence-corrected chi connectivity index (χ2v) is 4.62. The van der Waals surface area contributed by atoms with E-state index in [2.05, 4.69) is 24.3 Å². The number of halogens is 1. The van der Waals surface area contributed by atoms with Crippen LogP contribution in [0, 0.1) is 0 Å². The molecule has 2 aromatic rings. The van der Waals surface area contributed by atoms with Crippen LogP contribution in [0.4, 0.5) is 0 Å². The first kappa shape index (κ1) is 14.7. The van der Waals surface area contributed by atoms with Gasteiger partial charge in [-0.15, -0.1) is 12.4 Å². The summed E-state index contributed by atoms with van der Waals surface area (Å²) in [6, 6.07) is 12.4. The monoisotopic (exact) mass is 291 g/mol. The van der Waals surface area contributed by atoms with Crippen molar-refractivity contribution in [2.75, 3.05) is 13.7 Å². The zero-order valence-electron chi connectivity index (χ0n) is 11.4. The summed E-state index contributed by atoms with van der Waals surface area (Å²) in [5, 5.41) is 0. The number of rotatable bonds is 3. The molecule has 2 aromatic carbocycles. The van der Waals surface area contributed by atoms with E-state index in [-0.39, 0.29) is 12.4 Å². The summed E-state index contributed by atoms with van der Waals surface area (Å²) in [5.41, 5.74) is 10.5. The Hall–Kier alpha value is -1.71. The highest BCUT2D eigenvalue weighted by atomic mass is 35.5. The van der Waals surface area contributed by atoms with E-state index in [0.29, 0.717) is 13.2 Å². The van der Waals surface area contributed by atoms with Crippen molar-refractivity contribution in [3.05, 3.63) is 47.5 Å². The van der Waals surface area contributed by atoms with E-state index in [1.165, 1.54) is 16.7 Å². The molecule has 1 aliphatic heterocycles.